The molecule has 1 aliphatic heterocycles. The van der Waals surface area contributed by atoms with E-state index < -0.39 is 0 Å². The number of nitrogens with zero attached hydrogens (tertiary/aromatic N) is 1. The molecule has 0 amide bonds. The van der Waals surface area contributed by atoms with Crippen LogP contribution in [0.3, 0.4) is 0 Å². The van der Waals surface area contributed by atoms with Crippen molar-refractivity contribution >= 4 is 0 Å². The van der Waals surface area contributed by atoms with Gasteiger partial charge in [-0.05, 0) is 25.5 Å². The third-order valence-electron chi connectivity index (χ3n) is 3.57. The Labute approximate surface area is 103 Å². The zero-order valence-electron chi connectivity index (χ0n) is 10.5. The van der Waals surface area contributed by atoms with E-state index in [-0.39, 0.29) is 12.6 Å². The van der Waals surface area contributed by atoms with Crippen LogP contribution >= 0.6 is 0 Å². The normalized spacial score (nSPS) is 26.7. The number of benzene rings is 1. The van der Waals surface area contributed by atoms with Gasteiger partial charge >= 0.3 is 0 Å². The van der Waals surface area contributed by atoms with Gasteiger partial charge in [-0.2, -0.15) is 0 Å². The van der Waals surface area contributed by atoms with Crippen molar-refractivity contribution in [3.05, 3.63) is 35.9 Å². The van der Waals surface area contributed by atoms with Crippen LogP contribution in [0.15, 0.2) is 30.3 Å². The predicted molar refractivity (Wildman–Crippen MR) is 69.8 cm³/mol. The summed E-state index contributed by atoms with van der Waals surface area (Å²) in [5.74, 6) is 0. The molecule has 1 aromatic rings. The SMILES string of the molecule is CC1CCNCC(CO)N1Cc1ccccc1. The van der Waals surface area contributed by atoms with Gasteiger partial charge in [-0.25, -0.2) is 0 Å². The lowest BCUT2D eigenvalue weighted by Gasteiger charge is -2.33. The molecular weight excluding hydrogens is 212 g/mol. The average Bonchev–Trinajstić information content (AvgIpc) is 2.54. The number of nitrogens with one attached hydrogen (secondary N) is 1. The van der Waals surface area contributed by atoms with Crippen molar-refractivity contribution in [2.24, 2.45) is 0 Å². The number of aliphatic hydroxyl groups is 1. The molecule has 0 saturated carbocycles. The fourth-order valence-corrected chi connectivity index (χ4v) is 2.47. The molecule has 0 radical (unpaired) electrons. The molecule has 1 fully saturated rings. The highest BCUT2D eigenvalue weighted by molar-refractivity contribution is 5.14. The third-order valence-corrected chi connectivity index (χ3v) is 3.57. The zero-order valence-corrected chi connectivity index (χ0v) is 10.5. The summed E-state index contributed by atoms with van der Waals surface area (Å²) in [6.45, 7) is 5.33. The molecule has 3 nitrogen and oxygen atoms in total. The monoisotopic (exact) mass is 234 g/mol. The van der Waals surface area contributed by atoms with E-state index in [4.69, 9.17) is 0 Å². The quantitative estimate of drug-likeness (QED) is 0.826. The van der Waals surface area contributed by atoms with E-state index in [1.807, 2.05) is 6.07 Å². The van der Waals surface area contributed by atoms with Crippen molar-refractivity contribution in [2.45, 2.75) is 32.0 Å². The van der Waals surface area contributed by atoms with E-state index in [2.05, 4.69) is 41.4 Å². The van der Waals surface area contributed by atoms with Crippen molar-refractivity contribution in [3.8, 4) is 0 Å². The second-order valence-electron chi connectivity index (χ2n) is 4.84. The summed E-state index contributed by atoms with van der Waals surface area (Å²) in [7, 11) is 0. The van der Waals surface area contributed by atoms with Crippen LogP contribution in [-0.2, 0) is 6.54 Å². The number of rotatable bonds is 3. The first kappa shape index (κ1) is 12.6. The Bertz CT molecular complexity index is 328. The molecule has 1 heterocycles. The van der Waals surface area contributed by atoms with Gasteiger partial charge in [-0.1, -0.05) is 30.3 Å². The summed E-state index contributed by atoms with van der Waals surface area (Å²) in [4.78, 5) is 2.41. The minimum atomic E-state index is 0.226. The Morgan fingerprint density at radius 3 is 2.82 bits per heavy atom. The van der Waals surface area contributed by atoms with E-state index in [0.717, 1.165) is 26.1 Å². The molecule has 1 aromatic carbocycles. The molecule has 2 rings (SSSR count). The summed E-state index contributed by atoms with van der Waals surface area (Å²) in [5, 5.41) is 12.9. The van der Waals surface area contributed by atoms with E-state index in [0.29, 0.717) is 6.04 Å². The fraction of sp³-hybridized carbons (Fsp3) is 0.571. The van der Waals surface area contributed by atoms with Crippen LogP contribution in [0.2, 0.25) is 0 Å². The summed E-state index contributed by atoms with van der Waals surface area (Å²) >= 11 is 0. The van der Waals surface area contributed by atoms with Crippen LogP contribution in [-0.4, -0.2) is 41.8 Å². The molecule has 0 aliphatic carbocycles. The lowest BCUT2D eigenvalue weighted by molar-refractivity contribution is 0.0915. The highest BCUT2D eigenvalue weighted by Crippen LogP contribution is 2.16. The maximum absolute atomic E-state index is 9.50. The molecule has 2 unspecified atom stereocenters. The Morgan fingerprint density at radius 1 is 1.35 bits per heavy atom. The Kier molecular flexibility index (Phi) is 4.54. The molecule has 2 N–H and O–H groups in total. The topological polar surface area (TPSA) is 35.5 Å². The van der Waals surface area contributed by atoms with Gasteiger partial charge in [0.05, 0.1) is 6.61 Å². The standard InChI is InChI=1S/C14H22N2O/c1-12-7-8-15-9-14(11-17)16(12)10-13-5-3-2-4-6-13/h2-6,12,14-15,17H,7-11H2,1H3. The van der Waals surface area contributed by atoms with Crippen LogP contribution in [0, 0.1) is 0 Å². The number of hydrogen-bond acceptors (Lipinski definition) is 3. The summed E-state index contributed by atoms with van der Waals surface area (Å²) in [5.41, 5.74) is 1.32. The molecule has 2 atom stereocenters. The minimum Gasteiger partial charge on any atom is -0.395 e. The maximum Gasteiger partial charge on any atom is 0.0599 e. The van der Waals surface area contributed by atoms with Crippen molar-refractivity contribution in [1.82, 2.24) is 10.2 Å². The first-order valence-electron chi connectivity index (χ1n) is 6.42. The molecule has 0 spiro atoms. The fourth-order valence-electron chi connectivity index (χ4n) is 2.47. The minimum absolute atomic E-state index is 0.226. The van der Waals surface area contributed by atoms with Gasteiger partial charge in [0.15, 0.2) is 0 Å². The Balaban J connectivity index is 2.09. The number of aliphatic hydroxyl groups excluding tert-OH is 1. The average molecular weight is 234 g/mol. The molecule has 3 heteroatoms. The van der Waals surface area contributed by atoms with E-state index >= 15 is 0 Å². The van der Waals surface area contributed by atoms with Crippen LogP contribution < -0.4 is 5.32 Å². The largest absolute Gasteiger partial charge is 0.395 e. The highest BCUT2D eigenvalue weighted by atomic mass is 16.3. The van der Waals surface area contributed by atoms with Gasteiger partial charge in [-0.15, -0.1) is 0 Å². The third kappa shape index (κ3) is 3.28. The first-order chi connectivity index (χ1) is 8.31. The van der Waals surface area contributed by atoms with Gasteiger partial charge in [0, 0.05) is 25.2 Å². The predicted octanol–water partition coefficient (Wildman–Crippen LogP) is 1.23. The van der Waals surface area contributed by atoms with Gasteiger partial charge in [0.25, 0.3) is 0 Å². The van der Waals surface area contributed by atoms with E-state index in [1.165, 1.54) is 5.56 Å². The van der Waals surface area contributed by atoms with Crippen molar-refractivity contribution in [1.29, 1.82) is 0 Å². The smallest absolute Gasteiger partial charge is 0.0599 e. The number of hydrogen-bond donors (Lipinski definition) is 2. The molecule has 94 valence electrons. The molecule has 0 aromatic heterocycles. The lowest BCUT2D eigenvalue weighted by Crippen LogP contribution is -2.45. The van der Waals surface area contributed by atoms with Crippen LogP contribution in [0.25, 0.3) is 0 Å². The van der Waals surface area contributed by atoms with Gasteiger partial charge in [0.1, 0.15) is 0 Å². The van der Waals surface area contributed by atoms with Crippen LogP contribution in [0.1, 0.15) is 18.9 Å². The van der Waals surface area contributed by atoms with Crippen molar-refractivity contribution in [2.75, 3.05) is 19.7 Å². The Hall–Kier alpha value is -0.900. The zero-order chi connectivity index (χ0) is 12.1. The van der Waals surface area contributed by atoms with E-state index in [1.54, 1.807) is 0 Å². The molecular formula is C14H22N2O. The van der Waals surface area contributed by atoms with Gasteiger partial charge in [-0.3, -0.25) is 4.90 Å². The van der Waals surface area contributed by atoms with E-state index in [9.17, 15) is 5.11 Å². The highest BCUT2D eigenvalue weighted by Gasteiger charge is 2.25. The summed E-state index contributed by atoms with van der Waals surface area (Å²) < 4.78 is 0. The summed E-state index contributed by atoms with van der Waals surface area (Å²) in [6.07, 6.45) is 1.14. The van der Waals surface area contributed by atoms with Crippen LogP contribution in [0.5, 0.6) is 0 Å². The van der Waals surface area contributed by atoms with Crippen LogP contribution in [0.4, 0.5) is 0 Å². The Morgan fingerprint density at radius 2 is 2.12 bits per heavy atom. The summed E-state index contributed by atoms with van der Waals surface area (Å²) in [6, 6.07) is 11.2. The van der Waals surface area contributed by atoms with Crippen molar-refractivity contribution < 1.29 is 5.11 Å². The molecule has 17 heavy (non-hydrogen) atoms. The first-order valence-corrected chi connectivity index (χ1v) is 6.42. The lowest BCUT2D eigenvalue weighted by atomic mass is 10.1. The second kappa shape index (κ2) is 6.15. The van der Waals surface area contributed by atoms with Gasteiger partial charge in [0.2, 0.25) is 0 Å². The molecule has 0 bridgehead atoms. The van der Waals surface area contributed by atoms with Crippen molar-refractivity contribution in [3.63, 3.8) is 0 Å². The molecule has 1 aliphatic rings. The molecule has 1 saturated heterocycles. The van der Waals surface area contributed by atoms with Gasteiger partial charge < -0.3 is 10.4 Å². The maximum atomic E-state index is 9.50. The second-order valence-corrected chi connectivity index (χ2v) is 4.84.